The Hall–Kier alpha value is -3.76. The van der Waals surface area contributed by atoms with Gasteiger partial charge in [0.15, 0.2) is 0 Å². The second kappa shape index (κ2) is 10.4. The molecule has 7 rings (SSSR count). The van der Waals surface area contributed by atoms with Gasteiger partial charge in [0, 0.05) is 22.9 Å². The largest absolute Gasteiger partial charge is 0.447 e. The Kier molecular flexibility index (Phi) is 6.81. The van der Waals surface area contributed by atoms with E-state index in [4.69, 9.17) is 24.4 Å². The number of carbonyl (C=O) groups is 1. The van der Waals surface area contributed by atoms with E-state index < -0.39 is 0 Å². The highest BCUT2D eigenvalue weighted by Crippen LogP contribution is 2.53. The first-order valence-corrected chi connectivity index (χ1v) is 15.4. The normalized spacial score (nSPS) is 25.4. The summed E-state index contributed by atoms with van der Waals surface area (Å²) in [6.45, 7) is 12.4. The number of ether oxygens (including phenoxy) is 2. The molecule has 3 aromatic rings. The highest BCUT2D eigenvalue weighted by molar-refractivity contribution is 5.88. The number of aromatic nitrogens is 3. The molecule has 1 N–H and O–H groups in total. The third-order valence-electron chi connectivity index (χ3n) is 9.80. The zero-order valence-electron chi connectivity index (χ0n) is 25.8. The molecular weight excluding hydrogens is 542 g/mol. The van der Waals surface area contributed by atoms with Crippen molar-refractivity contribution >= 4 is 35.2 Å². The van der Waals surface area contributed by atoms with Crippen LogP contribution in [-0.4, -0.2) is 77.5 Å². The molecule has 4 aliphatic heterocycles. The molecule has 0 aliphatic carbocycles. The Labute approximate surface area is 253 Å². The number of nitrogens with one attached hydrogen (secondary N) is 1. The van der Waals surface area contributed by atoms with Crippen LogP contribution in [0.3, 0.4) is 0 Å². The van der Waals surface area contributed by atoms with Gasteiger partial charge in [0.1, 0.15) is 24.1 Å². The smallest absolute Gasteiger partial charge is 0.415 e. The number of amides is 1. The van der Waals surface area contributed by atoms with Crippen molar-refractivity contribution in [2.24, 2.45) is 0 Å². The van der Waals surface area contributed by atoms with Crippen LogP contribution in [0, 0.1) is 6.92 Å². The number of cyclic esters (lactones) is 1. The Balaban J connectivity index is 1.23. The van der Waals surface area contributed by atoms with Crippen molar-refractivity contribution in [1.29, 1.82) is 0 Å². The molecule has 43 heavy (non-hydrogen) atoms. The maximum atomic E-state index is 12.3. The lowest BCUT2D eigenvalue weighted by Gasteiger charge is -2.46. The first-order valence-electron chi connectivity index (χ1n) is 15.4. The van der Waals surface area contributed by atoms with Crippen LogP contribution in [0.1, 0.15) is 62.6 Å². The number of fused-ring (bicyclic) bond motifs is 3. The Morgan fingerprint density at radius 3 is 2.56 bits per heavy atom. The molecule has 0 bridgehead atoms. The zero-order chi connectivity index (χ0) is 29.9. The van der Waals surface area contributed by atoms with Gasteiger partial charge < -0.3 is 24.6 Å². The summed E-state index contributed by atoms with van der Waals surface area (Å²) in [6.07, 6.45) is 4.76. The molecule has 6 heterocycles. The van der Waals surface area contributed by atoms with Crippen molar-refractivity contribution in [3.05, 3.63) is 59.3 Å². The first-order chi connectivity index (χ1) is 20.6. The lowest BCUT2D eigenvalue weighted by Crippen LogP contribution is -2.54. The van der Waals surface area contributed by atoms with Gasteiger partial charge in [-0.2, -0.15) is 4.98 Å². The lowest BCUT2D eigenvalue weighted by atomic mass is 9.73. The third kappa shape index (κ3) is 5.00. The SMILES string of the molecule is Cc1cc(Nc2ncc3c(n2)N(c2cccc(N4CCOC4=O)n2)[C@H]2CC(C)(C)OC[C@@]32C)ccc1C1CCN(C)CC1. The van der Waals surface area contributed by atoms with E-state index in [1.54, 1.807) is 4.90 Å². The second-order valence-corrected chi connectivity index (χ2v) is 13.4. The number of piperidine rings is 1. The maximum absolute atomic E-state index is 12.3. The number of hydrogen-bond donors (Lipinski definition) is 1. The minimum Gasteiger partial charge on any atom is -0.447 e. The van der Waals surface area contributed by atoms with E-state index >= 15 is 0 Å². The molecular formula is C33H41N7O3. The minimum absolute atomic E-state index is 0.0557. The molecule has 3 fully saturated rings. The molecule has 226 valence electrons. The van der Waals surface area contributed by atoms with Crippen LogP contribution in [0.2, 0.25) is 0 Å². The zero-order valence-corrected chi connectivity index (χ0v) is 25.8. The van der Waals surface area contributed by atoms with Crippen molar-refractivity contribution in [3.8, 4) is 0 Å². The lowest BCUT2D eigenvalue weighted by molar-refractivity contribution is -0.0893. The van der Waals surface area contributed by atoms with Gasteiger partial charge in [0.05, 0.1) is 24.8 Å². The van der Waals surface area contributed by atoms with Gasteiger partial charge in [-0.05, 0) is 101 Å². The summed E-state index contributed by atoms with van der Waals surface area (Å²) in [5.41, 5.74) is 4.12. The summed E-state index contributed by atoms with van der Waals surface area (Å²) in [4.78, 5) is 33.4. The maximum Gasteiger partial charge on any atom is 0.415 e. The Morgan fingerprint density at radius 1 is 1.02 bits per heavy atom. The number of benzene rings is 1. The summed E-state index contributed by atoms with van der Waals surface area (Å²) in [7, 11) is 2.20. The van der Waals surface area contributed by atoms with Crippen molar-refractivity contribution in [1.82, 2.24) is 19.9 Å². The van der Waals surface area contributed by atoms with Gasteiger partial charge in [-0.1, -0.05) is 19.1 Å². The van der Waals surface area contributed by atoms with Crippen molar-refractivity contribution < 1.29 is 14.3 Å². The number of nitrogens with zero attached hydrogens (tertiary/aromatic N) is 6. The number of rotatable bonds is 5. The fourth-order valence-electron chi connectivity index (χ4n) is 7.22. The monoisotopic (exact) mass is 583 g/mol. The van der Waals surface area contributed by atoms with E-state index in [0.717, 1.165) is 42.4 Å². The van der Waals surface area contributed by atoms with Crippen molar-refractivity contribution in [2.45, 2.75) is 69.9 Å². The average molecular weight is 584 g/mol. The molecule has 1 amide bonds. The number of aryl methyl sites for hydroxylation is 1. The first kappa shape index (κ1) is 28.0. The van der Waals surface area contributed by atoms with Crippen LogP contribution in [0.4, 0.5) is 33.9 Å². The van der Waals surface area contributed by atoms with Crippen LogP contribution < -0.4 is 15.1 Å². The summed E-state index contributed by atoms with van der Waals surface area (Å²) in [5.74, 6) is 3.29. The van der Waals surface area contributed by atoms with E-state index in [1.807, 2.05) is 24.4 Å². The van der Waals surface area contributed by atoms with E-state index in [9.17, 15) is 4.79 Å². The summed E-state index contributed by atoms with van der Waals surface area (Å²) < 4.78 is 11.5. The molecule has 0 radical (unpaired) electrons. The van der Waals surface area contributed by atoms with E-state index in [2.05, 4.69) is 68.1 Å². The number of anilines is 5. The molecule has 2 atom stereocenters. The Morgan fingerprint density at radius 2 is 1.81 bits per heavy atom. The molecule has 10 heteroatoms. The second-order valence-electron chi connectivity index (χ2n) is 13.4. The topological polar surface area (TPSA) is 96.0 Å². The van der Waals surface area contributed by atoms with E-state index in [0.29, 0.717) is 37.4 Å². The minimum atomic E-state index is -0.366. The highest BCUT2D eigenvalue weighted by atomic mass is 16.6. The Bertz CT molecular complexity index is 1550. The van der Waals surface area contributed by atoms with Crippen LogP contribution in [0.25, 0.3) is 0 Å². The summed E-state index contributed by atoms with van der Waals surface area (Å²) >= 11 is 0. The predicted octanol–water partition coefficient (Wildman–Crippen LogP) is 5.67. The van der Waals surface area contributed by atoms with Gasteiger partial charge in [-0.15, -0.1) is 0 Å². The standard InChI is InChI=1S/C33H41N7O3/c1-21-17-23(9-10-24(21)22-11-13-38(5)14-12-22)35-30-34-19-25-29(37-30)40(26-18-32(2,3)43-20-33(25,26)4)28-8-6-7-27(36-28)39-15-16-42-31(39)41/h6-10,17,19,22,26H,11-16,18,20H2,1-5H3,(H,34,35,37)/t26-,33-/m0/s1. The molecule has 1 aromatic carbocycles. The summed E-state index contributed by atoms with van der Waals surface area (Å²) in [6, 6.07) is 12.5. The molecule has 3 saturated heterocycles. The molecule has 0 saturated carbocycles. The number of hydrogen-bond acceptors (Lipinski definition) is 9. The quantitative estimate of drug-likeness (QED) is 0.408. The van der Waals surface area contributed by atoms with Gasteiger partial charge in [-0.3, -0.25) is 4.90 Å². The van der Waals surface area contributed by atoms with Crippen LogP contribution in [0.15, 0.2) is 42.6 Å². The average Bonchev–Trinajstić information content (AvgIpc) is 3.51. The molecule has 0 unspecified atom stereocenters. The summed E-state index contributed by atoms with van der Waals surface area (Å²) in [5, 5.41) is 3.48. The number of likely N-dealkylation sites (tertiary alicyclic amines) is 1. The molecule has 2 aromatic heterocycles. The number of pyridine rings is 1. The van der Waals surface area contributed by atoms with Gasteiger partial charge >= 0.3 is 6.09 Å². The van der Waals surface area contributed by atoms with E-state index in [1.165, 1.54) is 24.0 Å². The fraction of sp³-hybridized carbons (Fsp3) is 0.515. The molecule has 0 spiro atoms. The number of carbonyl (C=O) groups excluding carboxylic acids is 1. The van der Waals surface area contributed by atoms with Gasteiger partial charge in [-0.25, -0.2) is 14.8 Å². The van der Waals surface area contributed by atoms with Crippen molar-refractivity contribution in [2.75, 3.05) is 55.0 Å². The molecule has 4 aliphatic rings. The van der Waals surface area contributed by atoms with Gasteiger partial charge in [0.25, 0.3) is 0 Å². The predicted molar refractivity (Wildman–Crippen MR) is 167 cm³/mol. The van der Waals surface area contributed by atoms with Crippen LogP contribution in [0.5, 0.6) is 0 Å². The van der Waals surface area contributed by atoms with Crippen LogP contribution in [-0.2, 0) is 14.9 Å². The van der Waals surface area contributed by atoms with E-state index in [-0.39, 0.29) is 23.2 Å². The van der Waals surface area contributed by atoms with Gasteiger partial charge in [0.2, 0.25) is 5.95 Å². The highest BCUT2D eigenvalue weighted by Gasteiger charge is 2.55. The van der Waals surface area contributed by atoms with Crippen LogP contribution >= 0.6 is 0 Å². The molecule has 10 nitrogen and oxygen atoms in total. The third-order valence-corrected chi connectivity index (χ3v) is 9.80. The fourth-order valence-corrected chi connectivity index (χ4v) is 7.22. The van der Waals surface area contributed by atoms with Crippen molar-refractivity contribution in [3.63, 3.8) is 0 Å².